The molecule has 1 aromatic rings. The summed E-state index contributed by atoms with van der Waals surface area (Å²) in [7, 11) is 0. The maximum absolute atomic E-state index is 12.6. The topological polar surface area (TPSA) is 49.7 Å². The highest BCUT2D eigenvalue weighted by atomic mass is 19.4. The number of carbonyl (C=O) groups excluding carboxylic acids is 1. The van der Waals surface area contributed by atoms with Crippen LogP contribution in [-0.2, 0) is 4.79 Å². The fourth-order valence-electron chi connectivity index (χ4n) is 1.93. The van der Waals surface area contributed by atoms with Gasteiger partial charge < -0.3 is 5.11 Å². The maximum Gasteiger partial charge on any atom is 0.455 e. The van der Waals surface area contributed by atoms with Crippen LogP contribution in [0.2, 0.25) is 0 Å². The zero-order chi connectivity index (χ0) is 18.9. The average molecular weight is 353 g/mol. The number of allylic oxidation sites excluding steroid dienone is 2. The predicted octanol–water partition coefficient (Wildman–Crippen LogP) is 4.90. The van der Waals surface area contributed by atoms with Gasteiger partial charge in [0, 0.05) is 0 Å². The summed E-state index contributed by atoms with van der Waals surface area (Å²) in [4.78, 5) is 15.0. The van der Waals surface area contributed by atoms with Crippen molar-refractivity contribution in [2.75, 3.05) is 0 Å². The van der Waals surface area contributed by atoms with Crippen LogP contribution < -0.4 is 0 Å². The smallest absolute Gasteiger partial charge is 0.455 e. The molecule has 0 radical (unpaired) electrons. The standard InChI is InChI=1S/C15H13F6NO2/c1-7-5-4-6-8(2)11(7)22-9(3)10(12(23)14(16,17)18)13(24)15(19,20)21/h4-6,23H,1-3H3/b12-10-,22-9?. The highest BCUT2D eigenvalue weighted by molar-refractivity contribution is 6.24. The number of nitrogens with zero attached hydrogens (tertiary/aromatic N) is 1. The van der Waals surface area contributed by atoms with Gasteiger partial charge in [-0.05, 0) is 31.9 Å². The second-order valence-corrected chi connectivity index (χ2v) is 4.99. The van der Waals surface area contributed by atoms with Crippen LogP contribution in [0.4, 0.5) is 32.0 Å². The van der Waals surface area contributed by atoms with E-state index >= 15 is 0 Å². The number of aliphatic hydroxyl groups is 1. The third kappa shape index (κ3) is 4.36. The van der Waals surface area contributed by atoms with E-state index in [1.165, 1.54) is 0 Å². The van der Waals surface area contributed by atoms with Crippen molar-refractivity contribution in [1.82, 2.24) is 0 Å². The molecule has 1 rings (SSSR count). The van der Waals surface area contributed by atoms with Crippen molar-refractivity contribution in [2.24, 2.45) is 4.99 Å². The minimum Gasteiger partial charge on any atom is -0.504 e. The summed E-state index contributed by atoms with van der Waals surface area (Å²) in [5, 5.41) is 9.12. The molecule has 3 nitrogen and oxygen atoms in total. The van der Waals surface area contributed by atoms with Gasteiger partial charge in [0.05, 0.1) is 17.0 Å². The van der Waals surface area contributed by atoms with E-state index in [1.54, 1.807) is 32.0 Å². The predicted molar refractivity (Wildman–Crippen MR) is 75.5 cm³/mol. The molecule has 1 N–H and O–H groups in total. The molecule has 0 amide bonds. The lowest BCUT2D eigenvalue weighted by Crippen LogP contribution is -2.31. The van der Waals surface area contributed by atoms with E-state index in [2.05, 4.69) is 4.99 Å². The Bertz CT molecular complexity index is 693. The Kier molecular flexibility index (Phi) is 5.47. The van der Waals surface area contributed by atoms with Crippen LogP contribution in [0.3, 0.4) is 0 Å². The first-order valence-electron chi connectivity index (χ1n) is 6.50. The first-order chi connectivity index (χ1) is 10.8. The molecule has 0 aliphatic heterocycles. The molecular formula is C15H13F6NO2. The van der Waals surface area contributed by atoms with Crippen molar-refractivity contribution in [3.8, 4) is 0 Å². The third-order valence-corrected chi connectivity index (χ3v) is 3.07. The SMILES string of the molecule is CC(=Nc1c(C)cccc1C)/C(C(=O)C(F)(F)F)=C(/O)C(F)(F)F. The molecule has 0 aromatic heterocycles. The van der Waals surface area contributed by atoms with E-state index in [0.717, 1.165) is 6.92 Å². The van der Waals surface area contributed by atoms with Crippen LogP contribution in [0.1, 0.15) is 18.1 Å². The van der Waals surface area contributed by atoms with Crippen molar-refractivity contribution in [3.05, 3.63) is 40.7 Å². The van der Waals surface area contributed by atoms with E-state index in [0.29, 0.717) is 11.1 Å². The quantitative estimate of drug-likeness (QED) is 0.364. The van der Waals surface area contributed by atoms with Gasteiger partial charge in [0.15, 0.2) is 0 Å². The van der Waals surface area contributed by atoms with E-state index in [4.69, 9.17) is 5.11 Å². The third-order valence-electron chi connectivity index (χ3n) is 3.07. The van der Waals surface area contributed by atoms with Crippen LogP contribution in [0.5, 0.6) is 0 Å². The van der Waals surface area contributed by atoms with Gasteiger partial charge in [-0.15, -0.1) is 0 Å². The number of alkyl halides is 6. The van der Waals surface area contributed by atoms with Crippen LogP contribution >= 0.6 is 0 Å². The molecule has 0 bridgehead atoms. The van der Waals surface area contributed by atoms with Crippen LogP contribution in [0.15, 0.2) is 34.5 Å². The molecule has 0 aliphatic rings. The Morgan fingerprint density at radius 3 is 1.83 bits per heavy atom. The summed E-state index contributed by atoms with van der Waals surface area (Å²) in [5.41, 5.74) is -1.71. The number of rotatable bonds is 3. The largest absolute Gasteiger partial charge is 0.504 e. The number of benzene rings is 1. The second-order valence-electron chi connectivity index (χ2n) is 4.99. The summed E-state index contributed by atoms with van der Waals surface area (Å²) in [6.07, 6.45) is -11.1. The molecule has 0 atom stereocenters. The van der Waals surface area contributed by atoms with E-state index in [-0.39, 0.29) is 5.69 Å². The summed E-state index contributed by atoms with van der Waals surface area (Å²) < 4.78 is 75.6. The zero-order valence-electron chi connectivity index (χ0n) is 12.8. The lowest BCUT2D eigenvalue weighted by atomic mass is 10.0. The number of halogens is 6. The van der Waals surface area contributed by atoms with Crippen molar-refractivity contribution in [3.63, 3.8) is 0 Å². The van der Waals surface area contributed by atoms with Gasteiger partial charge in [0.25, 0.3) is 5.78 Å². The number of ketones is 1. The van der Waals surface area contributed by atoms with Gasteiger partial charge in [-0.25, -0.2) is 0 Å². The van der Waals surface area contributed by atoms with Crippen molar-refractivity contribution in [1.29, 1.82) is 0 Å². The fraction of sp³-hybridized carbons (Fsp3) is 0.333. The average Bonchev–Trinajstić information content (AvgIpc) is 2.41. The lowest BCUT2D eigenvalue weighted by Gasteiger charge is -2.14. The molecule has 0 fully saturated rings. The molecule has 0 saturated heterocycles. The van der Waals surface area contributed by atoms with Gasteiger partial charge in [-0.2, -0.15) is 26.3 Å². The highest BCUT2D eigenvalue weighted by Gasteiger charge is 2.48. The Morgan fingerprint density at radius 1 is 1.00 bits per heavy atom. The molecule has 0 heterocycles. The number of aliphatic hydroxyl groups excluding tert-OH is 1. The Hall–Kier alpha value is -2.32. The molecule has 0 aliphatic carbocycles. The summed E-state index contributed by atoms with van der Waals surface area (Å²) in [6.45, 7) is 3.90. The Labute approximate surface area is 133 Å². The van der Waals surface area contributed by atoms with E-state index in [1.807, 2.05) is 0 Å². The number of hydrogen-bond acceptors (Lipinski definition) is 3. The molecule has 0 spiro atoms. The second kappa shape index (κ2) is 6.66. The van der Waals surface area contributed by atoms with Gasteiger partial charge >= 0.3 is 12.4 Å². The zero-order valence-corrected chi connectivity index (χ0v) is 12.8. The number of hydrogen-bond donors (Lipinski definition) is 1. The van der Waals surface area contributed by atoms with Gasteiger partial charge in [0.2, 0.25) is 5.76 Å². The minimum atomic E-state index is -5.59. The fourth-order valence-corrected chi connectivity index (χ4v) is 1.93. The molecular weight excluding hydrogens is 340 g/mol. The molecule has 0 unspecified atom stereocenters. The van der Waals surface area contributed by atoms with E-state index < -0.39 is 35.2 Å². The van der Waals surface area contributed by atoms with Crippen LogP contribution in [-0.4, -0.2) is 29.0 Å². The van der Waals surface area contributed by atoms with Crippen molar-refractivity contribution >= 4 is 17.2 Å². The Balaban J connectivity index is 3.63. The van der Waals surface area contributed by atoms with Gasteiger partial charge in [-0.3, -0.25) is 9.79 Å². The number of carbonyl (C=O) groups is 1. The molecule has 0 saturated carbocycles. The number of para-hydroxylation sites is 1. The molecule has 9 heteroatoms. The first-order valence-corrected chi connectivity index (χ1v) is 6.50. The number of aryl methyl sites for hydroxylation is 2. The summed E-state index contributed by atoms with van der Waals surface area (Å²) >= 11 is 0. The highest BCUT2D eigenvalue weighted by Crippen LogP contribution is 2.32. The first kappa shape index (κ1) is 19.7. The van der Waals surface area contributed by atoms with E-state index in [9.17, 15) is 31.1 Å². The van der Waals surface area contributed by atoms with Crippen LogP contribution in [0.25, 0.3) is 0 Å². The Morgan fingerprint density at radius 2 is 1.46 bits per heavy atom. The number of aliphatic imine (C=N–C) groups is 1. The van der Waals surface area contributed by atoms with Gasteiger partial charge in [0.1, 0.15) is 0 Å². The lowest BCUT2D eigenvalue weighted by molar-refractivity contribution is -0.167. The van der Waals surface area contributed by atoms with Crippen LogP contribution in [0, 0.1) is 13.8 Å². The molecule has 132 valence electrons. The van der Waals surface area contributed by atoms with Crippen molar-refractivity contribution < 1.29 is 36.2 Å². The maximum atomic E-state index is 12.6. The van der Waals surface area contributed by atoms with Crippen molar-refractivity contribution in [2.45, 2.75) is 33.1 Å². The molecule has 24 heavy (non-hydrogen) atoms. The van der Waals surface area contributed by atoms with Gasteiger partial charge in [-0.1, -0.05) is 18.2 Å². The monoisotopic (exact) mass is 353 g/mol. The minimum absolute atomic E-state index is 0.123. The summed E-state index contributed by atoms with van der Waals surface area (Å²) in [5.74, 6) is -5.44. The summed E-state index contributed by atoms with van der Waals surface area (Å²) in [6, 6.07) is 4.74. The normalized spacial score (nSPS) is 14.5. The number of Topliss-reactive ketones (excluding diaryl/α,β-unsaturated/α-hetero) is 1. The molecule has 1 aromatic carbocycles.